The van der Waals surface area contributed by atoms with Crippen LogP contribution in [0.2, 0.25) is 5.02 Å². The van der Waals surface area contributed by atoms with E-state index in [0.29, 0.717) is 10.8 Å². The third kappa shape index (κ3) is 4.35. The summed E-state index contributed by atoms with van der Waals surface area (Å²) in [7, 11) is 0. The lowest BCUT2D eigenvalue weighted by molar-refractivity contribution is -0.116. The van der Waals surface area contributed by atoms with Crippen molar-refractivity contribution in [3.05, 3.63) is 51.2 Å². The summed E-state index contributed by atoms with van der Waals surface area (Å²) in [5.74, 6) is 0.328. The average molecular weight is 402 g/mol. The first kappa shape index (κ1) is 15.1. The topological polar surface area (TPSA) is 54.0 Å². The highest BCUT2D eigenvalue weighted by Crippen LogP contribution is 2.13. The smallest absolute Gasteiger partial charge is 0.247 e. The number of nitrogens with zero attached hydrogens (tertiary/aromatic N) is 1. The zero-order valence-corrected chi connectivity index (χ0v) is 13.6. The lowest BCUT2D eigenvalue weighted by Gasteiger charge is -2.15. The second-order valence-corrected chi connectivity index (χ2v) is 5.91. The van der Waals surface area contributed by atoms with Crippen LogP contribution in [-0.2, 0) is 4.79 Å². The van der Waals surface area contributed by atoms with Crippen LogP contribution in [0.5, 0.6) is 0 Å². The number of benzene rings is 1. The van der Waals surface area contributed by atoms with Gasteiger partial charge in [0, 0.05) is 15.5 Å². The number of hydrogen-bond acceptors (Lipinski definition) is 3. The number of aromatic nitrogens is 1. The molecule has 20 heavy (non-hydrogen) atoms. The van der Waals surface area contributed by atoms with Crippen molar-refractivity contribution in [2.24, 2.45) is 0 Å². The minimum atomic E-state index is -0.368. The summed E-state index contributed by atoms with van der Waals surface area (Å²) in [5, 5.41) is 6.39. The van der Waals surface area contributed by atoms with Crippen LogP contribution in [0.3, 0.4) is 0 Å². The summed E-state index contributed by atoms with van der Waals surface area (Å²) < 4.78 is 1.15. The lowest BCUT2D eigenvalue weighted by Crippen LogP contribution is -2.32. The second kappa shape index (κ2) is 6.90. The van der Waals surface area contributed by atoms with E-state index in [9.17, 15) is 4.79 Å². The van der Waals surface area contributed by atoms with Gasteiger partial charge in [-0.1, -0.05) is 11.6 Å². The van der Waals surface area contributed by atoms with Crippen LogP contribution in [0.25, 0.3) is 0 Å². The number of halogens is 2. The van der Waals surface area contributed by atoms with Crippen molar-refractivity contribution in [2.45, 2.75) is 13.0 Å². The Morgan fingerprint density at radius 3 is 2.55 bits per heavy atom. The highest BCUT2D eigenvalue weighted by atomic mass is 127. The number of carbonyl (C=O) groups excluding carboxylic acids is 1. The Labute approximate surface area is 136 Å². The third-order valence-corrected chi connectivity index (χ3v) is 3.54. The van der Waals surface area contributed by atoms with E-state index in [1.165, 1.54) is 6.20 Å². The average Bonchev–Trinajstić information content (AvgIpc) is 2.44. The molecule has 0 aliphatic heterocycles. The SMILES string of the molecule is CC(Nc1ccc(I)cc1)C(=O)Nc1ccc(Cl)cn1. The highest BCUT2D eigenvalue weighted by Gasteiger charge is 2.13. The minimum Gasteiger partial charge on any atom is -0.374 e. The van der Waals surface area contributed by atoms with Crippen molar-refractivity contribution >= 4 is 51.6 Å². The Morgan fingerprint density at radius 2 is 1.95 bits per heavy atom. The Bertz CT molecular complexity index is 586. The molecule has 104 valence electrons. The normalized spacial score (nSPS) is 11.8. The minimum absolute atomic E-state index is 0.154. The van der Waals surface area contributed by atoms with Gasteiger partial charge in [0.15, 0.2) is 0 Å². The first-order valence-electron chi connectivity index (χ1n) is 5.99. The molecule has 1 heterocycles. The summed E-state index contributed by atoms with van der Waals surface area (Å²) in [4.78, 5) is 16.0. The number of nitrogens with one attached hydrogen (secondary N) is 2. The number of anilines is 2. The molecule has 1 atom stereocenters. The van der Waals surface area contributed by atoms with Gasteiger partial charge in [0.05, 0.1) is 5.02 Å². The first-order chi connectivity index (χ1) is 9.54. The molecule has 0 aliphatic carbocycles. The summed E-state index contributed by atoms with van der Waals surface area (Å²) in [6, 6.07) is 10.8. The molecule has 0 bridgehead atoms. The van der Waals surface area contributed by atoms with Crippen LogP contribution < -0.4 is 10.6 Å². The van der Waals surface area contributed by atoms with Gasteiger partial charge in [-0.05, 0) is 65.9 Å². The van der Waals surface area contributed by atoms with E-state index in [2.05, 4.69) is 38.2 Å². The number of pyridine rings is 1. The summed E-state index contributed by atoms with van der Waals surface area (Å²) >= 11 is 7.98. The van der Waals surface area contributed by atoms with E-state index in [4.69, 9.17) is 11.6 Å². The molecule has 1 unspecified atom stereocenters. The van der Waals surface area contributed by atoms with E-state index in [-0.39, 0.29) is 11.9 Å². The van der Waals surface area contributed by atoms with E-state index in [0.717, 1.165) is 9.26 Å². The van der Waals surface area contributed by atoms with Crippen molar-refractivity contribution in [3.8, 4) is 0 Å². The molecule has 1 amide bonds. The molecular weight excluding hydrogens is 389 g/mol. The van der Waals surface area contributed by atoms with Crippen LogP contribution in [0.4, 0.5) is 11.5 Å². The molecule has 0 radical (unpaired) electrons. The summed E-state index contributed by atoms with van der Waals surface area (Å²) in [6.45, 7) is 1.79. The predicted octanol–water partition coefficient (Wildman–Crippen LogP) is 3.78. The van der Waals surface area contributed by atoms with Crippen LogP contribution in [0.1, 0.15) is 6.92 Å². The van der Waals surface area contributed by atoms with Gasteiger partial charge in [-0.25, -0.2) is 4.98 Å². The fraction of sp³-hybridized carbons (Fsp3) is 0.143. The number of amides is 1. The molecule has 0 saturated carbocycles. The zero-order valence-electron chi connectivity index (χ0n) is 10.7. The maximum atomic E-state index is 12.0. The van der Waals surface area contributed by atoms with Crippen LogP contribution in [0, 0.1) is 3.57 Å². The molecule has 2 N–H and O–H groups in total. The van der Waals surface area contributed by atoms with Crippen LogP contribution in [-0.4, -0.2) is 16.9 Å². The van der Waals surface area contributed by atoms with E-state index in [1.54, 1.807) is 19.1 Å². The van der Waals surface area contributed by atoms with E-state index < -0.39 is 0 Å². The van der Waals surface area contributed by atoms with Gasteiger partial charge in [-0.15, -0.1) is 0 Å². The van der Waals surface area contributed by atoms with Crippen LogP contribution in [0.15, 0.2) is 42.6 Å². The third-order valence-electron chi connectivity index (χ3n) is 2.60. The standard InChI is InChI=1S/C14H13ClIN3O/c1-9(18-12-5-3-11(16)4-6-12)14(20)19-13-7-2-10(15)8-17-13/h2-9,18H,1H3,(H,17,19,20). The Hall–Kier alpha value is -1.34. The van der Waals surface area contributed by atoms with E-state index in [1.807, 2.05) is 24.3 Å². The zero-order chi connectivity index (χ0) is 14.5. The monoisotopic (exact) mass is 401 g/mol. The molecule has 1 aromatic heterocycles. The van der Waals surface area contributed by atoms with Gasteiger partial charge >= 0.3 is 0 Å². The van der Waals surface area contributed by atoms with Gasteiger partial charge in [0.25, 0.3) is 0 Å². The van der Waals surface area contributed by atoms with Gasteiger partial charge in [0.1, 0.15) is 11.9 Å². The predicted molar refractivity (Wildman–Crippen MR) is 90.1 cm³/mol. The maximum Gasteiger partial charge on any atom is 0.247 e. The molecule has 0 fully saturated rings. The molecule has 4 nitrogen and oxygen atoms in total. The molecule has 6 heteroatoms. The molecule has 0 saturated heterocycles. The molecule has 2 aromatic rings. The number of hydrogen-bond donors (Lipinski definition) is 2. The first-order valence-corrected chi connectivity index (χ1v) is 7.45. The van der Waals surface area contributed by atoms with Crippen molar-refractivity contribution in [2.75, 3.05) is 10.6 Å². The van der Waals surface area contributed by atoms with Crippen molar-refractivity contribution in [1.82, 2.24) is 4.98 Å². The van der Waals surface area contributed by atoms with Gasteiger partial charge in [-0.2, -0.15) is 0 Å². The van der Waals surface area contributed by atoms with Crippen molar-refractivity contribution in [1.29, 1.82) is 0 Å². The maximum absolute atomic E-state index is 12.0. The lowest BCUT2D eigenvalue weighted by atomic mass is 10.2. The molecule has 1 aromatic carbocycles. The van der Waals surface area contributed by atoms with E-state index >= 15 is 0 Å². The molecule has 2 rings (SSSR count). The van der Waals surface area contributed by atoms with Crippen LogP contribution >= 0.6 is 34.2 Å². The largest absolute Gasteiger partial charge is 0.374 e. The van der Waals surface area contributed by atoms with Gasteiger partial charge in [0.2, 0.25) is 5.91 Å². The number of rotatable bonds is 4. The fourth-order valence-corrected chi connectivity index (χ4v) is 2.02. The fourth-order valence-electron chi connectivity index (χ4n) is 1.55. The van der Waals surface area contributed by atoms with Gasteiger partial charge in [-0.3, -0.25) is 4.79 Å². The van der Waals surface area contributed by atoms with Crippen molar-refractivity contribution < 1.29 is 4.79 Å². The number of carbonyl (C=O) groups is 1. The Balaban J connectivity index is 1.94. The Kier molecular flexibility index (Phi) is 5.19. The summed E-state index contributed by atoms with van der Waals surface area (Å²) in [6.07, 6.45) is 1.49. The quantitative estimate of drug-likeness (QED) is 0.767. The summed E-state index contributed by atoms with van der Waals surface area (Å²) in [5.41, 5.74) is 0.900. The second-order valence-electron chi connectivity index (χ2n) is 4.22. The molecule has 0 spiro atoms. The molecule has 0 aliphatic rings. The molecular formula is C14H13ClIN3O. The highest BCUT2D eigenvalue weighted by molar-refractivity contribution is 14.1. The Morgan fingerprint density at radius 1 is 1.25 bits per heavy atom. The van der Waals surface area contributed by atoms with Gasteiger partial charge < -0.3 is 10.6 Å². The van der Waals surface area contributed by atoms with Crippen molar-refractivity contribution in [3.63, 3.8) is 0 Å².